The maximum atomic E-state index is 14.1. The first kappa shape index (κ1) is 19.4. The standard InChI is InChI=1S/C19H10F3NO3.C2H6/c20-14-9-16(22)15(21)7-13(14)19-17(23(24)25)8-12-11-4-2-1-3-10(11)5-6-18(12)26-19;1-2/h1-9,19H;1-2H3. The fraction of sp³-hybridized carbons (Fsp3) is 0.143. The normalized spacial score (nSPS) is 15.0. The summed E-state index contributed by atoms with van der Waals surface area (Å²) in [6, 6.07) is 11.5. The highest BCUT2D eigenvalue weighted by molar-refractivity contribution is 5.93. The van der Waals surface area contributed by atoms with Crippen LogP contribution in [0.2, 0.25) is 0 Å². The van der Waals surface area contributed by atoms with E-state index in [0.717, 1.165) is 10.8 Å². The van der Waals surface area contributed by atoms with Gasteiger partial charge in [-0.2, -0.15) is 0 Å². The molecule has 4 nitrogen and oxygen atoms in total. The van der Waals surface area contributed by atoms with Crippen molar-refractivity contribution < 1.29 is 22.8 Å². The predicted octanol–water partition coefficient (Wildman–Crippen LogP) is 6.03. The molecule has 3 aromatic carbocycles. The lowest BCUT2D eigenvalue weighted by molar-refractivity contribution is -0.434. The first-order valence-electron chi connectivity index (χ1n) is 8.64. The van der Waals surface area contributed by atoms with Crippen LogP contribution in [0.4, 0.5) is 13.2 Å². The van der Waals surface area contributed by atoms with Crippen molar-refractivity contribution in [1.82, 2.24) is 0 Å². The maximum Gasteiger partial charge on any atom is 0.291 e. The summed E-state index contributed by atoms with van der Waals surface area (Å²) in [4.78, 5) is 10.8. The van der Waals surface area contributed by atoms with Gasteiger partial charge in [-0.1, -0.05) is 44.2 Å². The lowest BCUT2D eigenvalue weighted by Crippen LogP contribution is -2.21. The molecule has 0 saturated carbocycles. The van der Waals surface area contributed by atoms with Crippen molar-refractivity contribution in [3.63, 3.8) is 0 Å². The van der Waals surface area contributed by atoms with Crippen molar-refractivity contribution in [3.05, 3.63) is 92.9 Å². The first-order valence-corrected chi connectivity index (χ1v) is 8.64. The molecule has 1 aliphatic heterocycles. The molecule has 0 aliphatic carbocycles. The van der Waals surface area contributed by atoms with Crippen LogP contribution in [0.1, 0.15) is 31.1 Å². The van der Waals surface area contributed by atoms with Gasteiger partial charge >= 0.3 is 0 Å². The predicted molar refractivity (Wildman–Crippen MR) is 100.0 cm³/mol. The van der Waals surface area contributed by atoms with Crippen molar-refractivity contribution >= 4 is 16.8 Å². The Morgan fingerprint density at radius 2 is 1.64 bits per heavy atom. The second-order valence-corrected chi connectivity index (χ2v) is 5.81. The van der Waals surface area contributed by atoms with Gasteiger partial charge in [0.1, 0.15) is 11.6 Å². The number of halogens is 3. The lowest BCUT2D eigenvalue weighted by atomic mass is 9.96. The van der Waals surface area contributed by atoms with Crippen LogP contribution in [0.5, 0.6) is 5.75 Å². The van der Waals surface area contributed by atoms with E-state index in [1.165, 1.54) is 6.08 Å². The van der Waals surface area contributed by atoms with Gasteiger partial charge in [-0.3, -0.25) is 10.1 Å². The van der Waals surface area contributed by atoms with Crippen LogP contribution < -0.4 is 4.74 Å². The van der Waals surface area contributed by atoms with Gasteiger partial charge in [-0.25, -0.2) is 13.2 Å². The van der Waals surface area contributed by atoms with Gasteiger partial charge in [0.15, 0.2) is 11.6 Å². The third-order valence-electron chi connectivity index (χ3n) is 4.27. The quantitative estimate of drug-likeness (QED) is 0.306. The molecule has 1 aliphatic rings. The lowest BCUT2D eigenvalue weighted by Gasteiger charge is -2.24. The van der Waals surface area contributed by atoms with Crippen LogP contribution >= 0.6 is 0 Å². The van der Waals surface area contributed by atoms with E-state index in [1.807, 2.05) is 26.0 Å². The number of nitrogens with zero attached hydrogens (tertiary/aromatic N) is 1. The molecule has 28 heavy (non-hydrogen) atoms. The van der Waals surface area contributed by atoms with Gasteiger partial charge in [-0.05, 0) is 22.9 Å². The van der Waals surface area contributed by atoms with Crippen LogP contribution in [-0.2, 0) is 0 Å². The second kappa shape index (κ2) is 7.72. The number of nitro groups is 1. The van der Waals surface area contributed by atoms with E-state index in [4.69, 9.17) is 4.74 Å². The molecule has 144 valence electrons. The van der Waals surface area contributed by atoms with E-state index in [0.29, 0.717) is 23.4 Å². The summed E-state index contributed by atoms with van der Waals surface area (Å²) >= 11 is 0. The van der Waals surface area contributed by atoms with Crippen LogP contribution in [0.25, 0.3) is 16.8 Å². The zero-order chi connectivity index (χ0) is 20.4. The summed E-state index contributed by atoms with van der Waals surface area (Å²) in [5.41, 5.74) is -0.418. The number of rotatable bonds is 2. The SMILES string of the molecule is CC.O=[N+]([O-])C1=Cc2c(ccc3ccccc23)OC1c1cc(F)c(F)cc1F. The van der Waals surface area contributed by atoms with E-state index in [-0.39, 0.29) is 0 Å². The minimum Gasteiger partial charge on any atom is -0.474 e. The number of benzene rings is 3. The fourth-order valence-corrected chi connectivity index (χ4v) is 3.05. The number of hydrogen-bond acceptors (Lipinski definition) is 3. The highest BCUT2D eigenvalue weighted by atomic mass is 19.2. The van der Waals surface area contributed by atoms with Crippen molar-refractivity contribution in [2.24, 2.45) is 0 Å². The smallest absolute Gasteiger partial charge is 0.291 e. The van der Waals surface area contributed by atoms with Crippen molar-refractivity contribution in [2.75, 3.05) is 0 Å². The molecular weight excluding hydrogens is 371 g/mol. The minimum absolute atomic E-state index is 0.295. The van der Waals surface area contributed by atoms with Crippen LogP contribution in [-0.4, -0.2) is 4.92 Å². The van der Waals surface area contributed by atoms with E-state index < -0.39 is 39.7 Å². The summed E-state index contributed by atoms with van der Waals surface area (Å²) in [7, 11) is 0. The zero-order valence-corrected chi connectivity index (χ0v) is 15.1. The van der Waals surface area contributed by atoms with E-state index in [2.05, 4.69) is 0 Å². The molecule has 0 fully saturated rings. The van der Waals surface area contributed by atoms with Gasteiger partial charge in [-0.15, -0.1) is 0 Å². The van der Waals surface area contributed by atoms with Gasteiger partial charge in [0.05, 0.1) is 4.92 Å². The fourth-order valence-electron chi connectivity index (χ4n) is 3.05. The Hall–Kier alpha value is -3.35. The Morgan fingerprint density at radius 1 is 0.964 bits per heavy atom. The highest BCUT2D eigenvalue weighted by Crippen LogP contribution is 2.41. The third-order valence-corrected chi connectivity index (χ3v) is 4.27. The van der Waals surface area contributed by atoms with Crippen molar-refractivity contribution in [1.29, 1.82) is 0 Å². The van der Waals surface area contributed by atoms with Gasteiger partial charge in [0.25, 0.3) is 5.70 Å². The molecule has 3 aromatic rings. The summed E-state index contributed by atoms with van der Waals surface area (Å²) in [6.07, 6.45) is -0.208. The molecule has 0 radical (unpaired) electrons. The number of fused-ring (bicyclic) bond motifs is 3. The maximum absolute atomic E-state index is 14.1. The molecular formula is C21H16F3NO3. The summed E-state index contributed by atoms with van der Waals surface area (Å²) in [5, 5.41) is 13.1. The Balaban J connectivity index is 0.00000109. The van der Waals surface area contributed by atoms with Crippen LogP contribution in [0.15, 0.2) is 54.2 Å². The molecule has 1 atom stereocenters. The molecule has 0 amide bonds. The average molecular weight is 387 g/mol. The van der Waals surface area contributed by atoms with Gasteiger partial charge < -0.3 is 4.74 Å². The third kappa shape index (κ3) is 3.31. The molecule has 0 saturated heterocycles. The molecule has 0 spiro atoms. The number of ether oxygens (including phenoxy) is 1. The van der Waals surface area contributed by atoms with E-state index >= 15 is 0 Å². The molecule has 4 rings (SSSR count). The molecule has 1 unspecified atom stereocenters. The number of hydrogen-bond donors (Lipinski definition) is 0. The molecule has 7 heteroatoms. The van der Waals surface area contributed by atoms with Gasteiger partial charge in [0, 0.05) is 23.3 Å². The van der Waals surface area contributed by atoms with E-state index in [9.17, 15) is 23.3 Å². The highest BCUT2D eigenvalue weighted by Gasteiger charge is 2.36. The molecule has 0 aromatic heterocycles. The minimum atomic E-state index is -1.49. The molecule has 0 bridgehead atoms. The Kier molecular flexibility index (Phi) is 5.35. The largest absolute Gasteiger partial charge is 0.474 e. The Morgan fingerprint density at radius 3 is 2.36 bits per heavy atom. The van der Waals surface area contributed by atoms with Crippen LogP contribution in [0.3, 0.4) is 0 Å². The Labute approximate surface area is 159 Å². The zero-order valence-electron chi connectivity index (χ0n) is 15.1. The first-order chi connectivity index (χ1) is 13.5. The van der Waals surface area contributed by atoms with E-state index in [1.54, 1.807) is 24.3 Å². The van der Waals surface area contributed by atoms with Crippen molar-refractivity contribution in [3.8, 4) is 5.75 Å². The summed E-state index contributed by atoms with van der Waals surface area (Å²) < 4.78 is 46.5. The summed E-state index contributed by atoms with van der Waals surface area (Å²) in [6.45, 7) is 4.00. The Bertz CT molecular complexity index is 1100. The second-order valence-electron chi connectivity index (χ2n) is 5.81. The molecule has 1 heterocycles. The average Bonchev–Trinajstić information content (AvgIpc) is 2.71. The molecule has 0 N–H and O–H groups in total. The topological polar surface area (TPSA) is 52.4 Å². The van der Waals surface area contributed by atoms with Crippen molar-refractivity contribution in [2.45, 2.75) is 20.0 Å². The van der Waals surface area contributed by atoms with Crippen LogP contribution in [0, 0.1) is 27.6 Å². The van der Waals surface area contributed by atoms with Gasteiger partial charge in [0.2, 0.25) is 6.10 Å². The summed E-state index contributed by atoms with van der Waals surface area (Å²) in [5.74, 6) is -3.51. The monoisotopic (exact) mass is 387 g/mol.